The fraction of sp³-hybridized carbons (Fsp3) is 0.600. The first-order chi connectivity index (χ1) is 8.98. The van der Waals surface area contributed by atoms with Crippen LogP contribution >= 0.6 is 27.5 Å². The summed E-state index contributed by atoms with van der Waals surface area (Å²) in [5, 5.41) is 4.38. The number of nitrogens with one attached hydrogen (secondary N) is 1. The molecule has 0 aliphatic carbocycles. The molecule has 0 spiro atoms. The summed E-state index contributed by atoms with van der Waals surface area (Å²) in [5.41, 5.74) is 1.65. The predicted molar refractivity (Wildman–Crippen MR) is 85.7 cm³/mol. The van der Waals surface area contributed by atoms with Crippen LogP contribution < -0.4 is 5.32 Å². The largest absolute Gasteiger partial charge is 0.312 e. The molecule has 2 nitrogen and oxygen atoms in total. The van der Waals surface area contributed by atoms with Crippen LogP contribution in [0.2, 0.25) is 5.02 Å². The first-order valence-electron chi connectivity index (χ1n) is 6.82. The maximum atomic E-state index is 6.03. The zero-order valence-electron chi connectivity index (χ0n) is 11.7. The molecule has 19 heavy (non-hydrogen) atoms. The Morgan fingerprint density at radius 3 is 2.74 bits per heavy atom. The van der Waals surface area contributed by atoms with Crippen LogP contribution in [0.3, 0.4) is 0 Å². The van der Waals surface area contributed by atoms with Gasteiger partial charge in [0.2, 0.25) is 0 Å². The highest BCUT2D eigenvalue weighted by atomic mass is 79.9. The lowest BCUT2D eigenvalue weighted by Crippen LogP contribution is -2.41. The third kappa shape index (κ3) is 4.45. The summed E-state index contributed by atoms with van der Waals surface area (Å²) in [6.45, 7) is 6.74. The van der Waals surface area contributed by atoms with Gasteiger partial charge in [0.15, 0.2) is 0 Å². The van der Waals surface area contributed by atoms with Crippen molar-refractivity contribution < 1.29 is 0 Å². The second-order valence-electron chi connectivity index (χ2n) is 5.95. The summed E-state index contributed by atoms with van der Waals surface area (Å²) >= 11 is 9.61. The SMILES string of the molecule is CN1CCC(C)(CNCc2cc(Cl)ccc2Br)CC1. The molecule has 0 radical (unpaired) electrons. The predicted octanol–water partition coefficient (Wildman–Crippen LogP) is 3.92. The number of halogens is 2. The Labute approximate surface area is 129 Å². The van der Waals surface area contributed by atoms with E-state index in [0.29, 0.717) is 5.41 Å². The maximum Gasteiger partial charge on any atom is 0.0410 e. The Morgan fingerprint density at radius 2 is 2.05 bits per heavy atom. The van der Waals surface area contributed by atoms with Gasteiger partial charge in [-0.3, -0.25) is 0 Å². The number of hydrogen-bond acceptors (Lipinski definition) is 2. The molecule has 106 valence electrons. The molecule has 0 saturated carbocycles. The van der Waals surface area contributed by atoms with Gasteiger partial charge in [-0.25, -0.2) is 0 Å². The topological polar surface area (TPSA) is 15.3 Å². The van der Waals surface area contributed by atoms with Gasteiger partial charge in [-0.1, -0.05) is 34.5 Å². The maximum absolute atomic E-state index is 6.03. The van der Waals surface area contributed by atoms with Gasteiger partial charge < -0.3 is 10.2 Å². The molecule has 1 heterocycles. The van der Waals surface area contributed by atoms with E-state index in [2.05, 4.69) is 40.1 Å². The van der Waals surface area contributed by atoms with E-state index in [1.54, 1.807) is 0 Å². The Balaban J connectivity index is 1.84. The molecule has 0 atom stereocenters. The molecule has 1 aromatic rings. The van der Waals surface area contributed by atoms with Crippen LogP contribution in [0.1, 0.15) is 25.3 Å². The van der Waals surface area contributed by atoms with Gasteiger partial charge in [0.1, 0.15) is 0 Å². The number of piperidine rings is 1. The molecular weight excluding hydrogens is 324 g/mol. The van der Waals surface area contributed by atoms with E-state index in [1.165, 1.54) is 31.5 Å². The Kier molecular flexibility index (Phi) is 5.29. The lowest BCUT2D eigenvalue weighted by molar-refractivity contribution is 0.137. The molecule has 1 fully saturated rings. The van der Waals surface area contributed by atoms with Gasteiger partial charge >= 0.3 is 0 Å². The highest BCUT2D eigenvalue weighted by molar-refractivity contribution is 9.10. The minimum atomic E-state index is 0.428. The summed E-state index contributed by atoms with van der Waals surface area (Å²) in [7, 11) is 2.20. The van der Waals surface area contributed by atoms with Crippen molar-refractivity contribution in [3.05, 3.63) is 33.3 Å². The van der Waals surface area contributed by atoms with E-state index in [4.69, 9.17) is 11.6 Å². The summed E-state index contributed by atoms with van der Waals surface area (Å²) in [5.74, 6) is 0. The second-order valence-corrected chi connectivity index (χ2v) is 7.24. The number of nitrogens with zero attached hydrogens (tertiary/aromatic N) is 1. The molecular formula is C15H22BrClN2. The van der Waals surface area contributed by atoms with Crippen LogP contribution in [0.4, 0.5) is 0 Å². The normalized spacial score (nSPS) is 19.6. The van der Waals surface area contributed by atoms with E-state index in [0.717, 1.165) is 22.6 Å². The third-order valence-electron chi connectivity index (χ3n) is 4.07. The average Bonchev–Trinajstić information content (AvgIpc) is 2.38. The number of likely N-dealkylation sites (tertiary alicyclic amines) is 1. The fourth-order valence-electron chi connectivity index (χ4n) is 2.51. The number of hydrogen-bond donors (Lipinski definition) is 1. The summed E-state index contributed by atoms with van der Waals surface area (Å²) in [6, 6.07) is 5.94. The fourth-order valence-corrected chi connectivity index (χ4v) is 3.09. The quantitative estimate of drug-likeness (QED) is 0.889. The average molecular weight is 346 g/mol. The molecule has 2 rings (SSSR count). The van der Waals surface area contributed by atoms with Crippen molar-refractivity contribution in [2.24, 2.45) is 5.41 Å². The van der Waals surface area contributed by atoms with Crippen LogP contribution in [-0.2, 0) is 6.54 Å². The van der Waals surface area contributed by atoms with Crippen LogP contribution in [0.15, 0.2) is 22.7 Å². The van der Waals surface area contributed by atoms with Crippen molar-refractivity contribution >= 4 is 27.5 Å². The van der Waals surface area contributed by atoms with E-state index in [-0.39, 0.29) is 0 Å². The minimum absolute atomic E-state index is 0.428. The van der Waals surface area contributed by atoms with Crippen molar-refractivity contribution in [3.8, 4) is 0 Å². The molecule has 4 heteroatoms. The smallest absolute Gasteiger partial charge is 0.0410 e. The molecule has 1 aliphatic rings. The molecule has 1 saturated heterocycles. The third-order valence-corrected chi connectivity index (χ3v) is 5.08. The molecule has 1 aliphatic heterocycles. The highest BCUT2D eigenvalue weighted by Gasteiger charge is 2.28. The Bertz CT molecular complexity index is 428. The van der Waals surface area contributed by atoms with Crippen molar-refractivity contribution in [3.63, 3.8) is 0 Å². The minimum Gasteiger partial charge on any atom is -0.312 e. The van der Waals surface area contributed by atoms with Gasteiger partial charge in [0.25, 0.3) is 0 Å². The van der Waals surface area contributed by atoms with E-state index in [1.807, 2.05) is 18.2 Å². The lowest BCUT2D eigenvalue weighted by Gasteiger charge is -2.38. The lowest BCUT2D eigenvalue weighted by atomic mass is 9.80. The van der Waals surface area contributed by atoms with Gasteiger partial charge in [-0.05, 0) is 62.2 Å². The molecule has 1 N–H and O–H groups in total. The number of rotatable bonds is 4. The molecule has 1 aromatic carbocycles. The Hall–Kier alpha value is -0.0900. The van der Waals surface area contributed by atoms with Crippen LogP contribution in [-0.4, -0.2) is 31.6 Å². The molecule has 0 unspecified atom stereocenters. The van der Waals surface area contributed by atoms with Crippen molar-refractivity contribution in [1.29, 1.82) is 0 Å². The standard InChI is InChI=1S/C15H22BrClN2/c1-15(5-7-19(2)8-6-15)11-18-10-12-9-13(17)3-4-14(12)16/h3-4,9,18H,5-8,10-11H2,1-2H3. The zero-order chi connectivity index (χ0) is 13.9. The van der Waals surface area contributed by atoms with Crippen LogP contribution in [0.25, 0.3) is 0 Å². The second kappa shape index (κ2) is 6.57. The van der Waals surface area contributed by atoms with Crippen molar-refractivity contribution in [2.45, 2.75) is 26.3 Å². The summed E-state index contributed by atoms with van der Waals surface area (Å²) < 4.78 is 1.12. The van der Waals surface area contributed by atoms with E-state index >= 15 is 0 Å². The van der Waals surface area contributed by atoms with Gasteiger partial charge in [0.05, 0.1) is 0 Å². The first kappa shape index (κ1) is 15.3. The van der Waals surface area contributed by atoms with Gasteiger partial charge in [-0.2, -0.15) is 0 Å². The molecule has 0 amide bonds. The monoisotopic (exact) mass is 344 g/mol. The van der Waals surface area contributed by atoms with Gasteiger partial charge in [0, 0.05) is 22.6 Å². The zero-order valence-corrected chi connectivity index (χ0v) is 14.0. The van der Waals surface area contributed by atoms with Crippen LogP contribution in [0.5, 0.6) is 0 Å². The first-order valence-corrected chi connectivity index (χ1v) is 7.99. The van der Waals surface area contributed by atoms with Crippen molar-refractivity contribution in [2.75, 3.05) is 26.7 Å². The van der Waals surface area contributed by atoms with E-state index < -0.39 is 0 Å². The molecule has 0 aromatic heterocycles. The molecule has 0 bridgehead atoms. The summed E-state index contributed by atoms with van der Waals surface area (Å²) in [6.07, 6.45) is 2.54. The van der Waals surface area contributed by atoms with Gasteiger partial charge in [-0.15, -0.1) is 0 Å². The number of benzene rings is 1. The highest BCUT2D eigenvalue weighted by Crippen LogP contribution is 2.29. The Morgan fingerprint density at radius 1 is 1.37 bits per heavy atom. The van der Waals surface area contributed by atoms with Crippen LogP contribution in [0, 0.1) is 5.41 Å². The van der Waals surface area contributed by atoms with Crippen molar-refractivity contribution in [1.82, 2.24) is 10.2 Å². The summed E-state index contributed by atoms with van der Waals surface area (Å²) in [4.78, 5) is 2.41. The van der Waals surface area contributed by atoms with E-state index in [9.17, 15) is 0 Å².